The second-order valence-corrected chi connectivity index (χ2v) is 7.43. The van der Waals surface area contributed by atoms with Crippen molar-refractivity contribution < 1.29 is 14.0 Å². The van der Waals surface area contributed by atoms with Crippen molar-refractivity contribution >= 4 is 34.2 Å². The molecule has 1 fully saturated rings. The van der Waals surface area contributed by atoms with Crippen LogP contribution in [0.3, 0.4) is 0 Å². The number of benzene rings is 2. The normalized spacial score (nSPS) is 21.2. The predicted octanol–water partition coefficient (Wildman–Crippen LogP) is 3.30. The minimum Gasteiger partial charge on any atom is -0.326 e. The molecule has 1 heterocycles. The molecule has 2 N–H and O–H groups in total. The minimum atomic E-state index is -1.25. The third-order valence-corrected chi connectivity index (χ3v) is 4.99. The molecule has 1 aliphatic carbocycles. The largest absolute Gasteiger partial charge is 0.326 e. The van der Waals surface area contributed by atoms with Crippen molar-refractivity contribution in [1.29, 1.82) is 0 Å². The Bertz CT molecular complexity index is 1070. The minimum absolute atomic E-state index is 0.206. The maximum atomic E-state index is 13.6. The van der Waals surface area contributed by atoms with Crippen LogP contribution in [0, 0.1) is 5.92 Å². The molecule has 0 saturated heterocycles. The number of nitrogens with one attached hydrogen (secondary N) is 2. The van der Waals surface area contributed by atoms with E-state index in [-0.39, 0.29) is 30.6 Å². The van der Waals surface area contributed by atoms with Gasteiger partial charge in [-0.25, -0.2) is 9.07 Å². The first kappa shape index (κ1) is 18.1. The van der Waals surface area contributed by atoms with Crippen LogP contribution in [0.25, 0.3) is 11.0 Å². The number of alkyl halides is 1. The van der Waals surface area contributed by atoms with E-state index in [1.54, 1.807) is 48.1 Å². The number of hydrogen-bond acceptors (Lipinski definition) is 4. The van der Waals surface area contributed by atoms with Gasteiger partial charge in [-0.3, -0.25) is 9.59 Å². The van der Waals surface area contributed by atoms with Crippen LogP contribution in [0.1, 0.15) is 30.1 Å². The fourth-order valence-corrected chi connectivity index (χ4v) is 3.51. The zero-order valence-corrected chi connectivity index (χ0v) is 15.6. The maximum Gasteiger partial charge on any atom is 0.258 e. The zero-order valence-electron chi connectivity index (χ0n) is 15.6. The highest BCUT2D eigenvalue weighted by Crippen LogP contribution is 2.41. The van der Waals surface area contributed by atoms with E-state index in [4.69, 9.17) is 0 Å². The number of carbonyl (C=O) groups is 2. The highest BCUT2D eigenvalue weighted by Gasteiger charge is 2.44. The number of rotatable bonds is 4. The standard InChI is InChI=1S/C20H20FN5O2/c1-20(21)10-12(11-20)18(27)22-13-5-3-6-14(9-13)23-19(28)15-7-4-8-16-17(15)24-25-26(16)2/h3-9,12H,10-11H2,1-2H3,(H,22,27)(H,23,28). The fraction of sp³-hybridized carbons (Fsp3) is 0.300. The predicted molar refractivity (Wildman–Crippen MR) is 104 cm³/mol. The van der Waals surface area contributed by atoms with Crippen LogP contribution >= 0.6 is 0 Å². The van der Waals surface area contributed by atoms with Crippen molar-refractivity contribution in [2.45, 2.75) is 25.4 Å². The Morgan fingerprint density at radius 3 is 2.54 bits per heavy atom. The van der Waals surface area contributed by atoms with Crippen LogP contribution in [0.5, 0.6) is 0 Å². The molecule has 0 aliphatic heterocycles. The summed E-state index contributed by atoms with van der Waals surface area (Å²) < 4.78 is 15.2. The van der Waals surface area contributed by atoms with Gasteiger partial charge in [0.15, 0.2) is 0 Å². The van der Waals surface area contributed by atoms with E-state index in [2.05, 4.69) is 20.9 Å². The van der Waals surface area contributed by atoms with E-state index < -0.39 is 5.67 Å². The second kappa shape index (κ2) is 6.70. The van der Waals surface area contributed by atoms with Gasteiger partial charge in [0.05, 0.1) is 11.1 Å². The summed E-state index contributed by atoms with van der Waals surface area (Å²) in [5, 5.41) is 13.6. The average Bonchev–Trinajstić information content (AvgIpc) is 3.01. The molecule has 144 valence electrons. The molecule has 2 aromatic carbocycles. The van der Waals surface area contributed by atoms with E-state index >= 15 is 0 Å². The Labute approximate surface area is 160 Å². The summed E-state index contributed by atoms with van der Waals surface area (Å²) in [6.45, 7) is 1.50. The molecule has 0 unspecified atom stereocenters. The lowest BCUT2D eigenvalue weighted by molar-refractivity contribution is -0.127. The van der Waals surface area contributed by atoms with Gasteiger partial charge in [0.25, 0.3) is 5.91 Å². The number of nitrogens with zero attached hydrogens (tertiary/aromatic N) is 3. The molecule has 1 aromatic heterocycles. The first-order valence-corrected chi connectivity index (χ1v) is 9.02. The molecular weight excluding hydrogens is 361 g/mol. The topological polar surface area (TPSA) is 88.9 Å². The molecular formula is C20H20FN5O2. The summed E-state index contributed by atoms with van der Waals surface area (Å²) in [7, 11) is 1.76. The SMILES string of the molecule is Cn1nnc2c(C(=O)Nc3cccc(NC(=O)C4CC(C)(F)C4)c3)cccc21. The fourth-order valence-electron chi connectivity index (χ4n) is 3.51. The summed E-state index contributed by atoms with van der Waals surface area (Å²) in [4.78, 5) is 24.9. The number of aryl methyl sites for hydroxylation is 1. The van der Waals surface area contributed by atoms with Crippen molar-refractivity contribution in [2.75, 3.05) is 10.6 Å². The second-order valence-electron chi connectivity index (χ2n) is 7.43. The van der Waals surface area contributed by atoms with Crippen LogP contribution in [-0.2, 0) is 11.8 Å². The van der Waals surface area contributed by atoms with Gasteiger partial charge in [0.2, 0.25) is 5.91 Å². The number of anilines is 2. The number of aromatic nitrogens is 3. The number of amides is 2. The van der Waals surface area contributed by atoms with Crippen molar-refractivity contribution in [3.8, 4) is 0 Å². The lowest BCUT2D eigenvalue weighted by Crippen LogP contribution is -2.43. The maximum absolute atomic E-state index is 13.6. The van der Waals surface area contributed by atoms with Crippen molar-refractivity contribution in [3.63, 3.8) is 0 Å². The third-order valence-electron chi connectivity index (χ3n) is 4.99. The summed E-state index contributed by atoms with van der Waals surface area (Å²) >= 11 is 0. The average molecular weight is 381 g/mol. The lowest BCUT2D eigenvalue weighted by atomic mass is 9.73. The van der Waals surface area contributed by atoms with Crippen LogP contribution in [-0.4, -0.2) is 32.5 Å². The van der Waals surface area contributed by atoms with Crippen LogP contribution in [0.2, 0.25) is 0 Å². The Hall–Kier alpha value is -3.29. The molecule has 8 heteroatoms. The van der Waals surface area contributed by atoms with E-state index in [0.717, 1.165) is 5.52 Å². The summed E-state index contributed by atoms with van der Waals surface area (Å²) in [6, 6.07) is 12.1. The van der Waals surface area contributed by atoms with Gasteiger partial charge in [-0.05, 0) is 50.1 Å². The molecule has 7 nitrogen and oxygen atoms in total. The van der Waals surface area contributed by atoms with Crippen LogP contribution in [0.15, 0.2) is 42.5 Å². The van der Waals surface area contributed by atoms with Crippen molar-refractivity contribution in [2.24, 2.45) is 13.0 Å². The molecule has 28 heavy (non-hydrogen) atoms. The van der Waals surface area contributed by atoms with Crippen molar-refractivity contribution in [3.05, 3.63) is 48.0 Å². The number of hydrogen-bond donors (Lipinski definition) is 2. The lowest BCUT2D eigenvalue weighted by Gasteiger charge is -2.37. The van der Waals surface area contributed by atoms with Crippen LogP contribution < -0.4 is 10.6 Å². The molecule has 1 saturated carbocycles. The van der Waals surface area contributed by atoms with Gasteiger partial charge in [0.1, 0.15) is 11.2 Å². The number of carbonyl (C=O) groups excluding carboxylic acids is 2. The Kier molecular flexibility index (Phi) is 4.33. The van der Waals surface area contributed by atoms with E-state index in [0.29, 0.717) is 22.5 Å². The molecule has 0 bridgehead atoms. The van der Waals surface area contributed by atoms with Gasteiger partial charge >= 0.3 is 0 Å². The smallest absolute Gasteiger partial charge is 0.258 e. The molecule has 0 atom stereocenters. The number of halogens is 1. The highest BCUT2D eigenvalue weighted by atomic mass is 19.1. The Balaban J connectivity index is 1.47. The Morgan fingerprint density at radius 2 is 1.82 bits per heavy atom. The van der Waals surface area contributed by atoms with Crippen molar-refractivity contribution in [1.82, 2.24) is 15.0 Å². The van der Waals surface area contributed by atoms with Gasteiger partial charge in [-0.2, -0.15) is 0 Å². The summed E-state index contributed by atoms with van der Waals surface area (Å²) in [5.74, 6) is -0.841. The van der Waals surface area contributed by atoms with Gasteiger partial charge in [0, 0.05) is 24.3 Å². The van der Waals surface area contributed by atoms with E-state index in [1.807, 2.05) is 6.07 Å². The zero-order chi connectivity index (χ0) is 19.9. The monoisotopic (exact) mass is 381 g/mol. The van der Waals surface area contributed by atoms with Gasteiger partial charge in [-0.1, -0.05) is 17.3 Å². The van der Waals surface area contributed by atoms with Gasteiger partial charge in [-0.15, -0.1) is 5.10 Å². The summed E-state index contributed by atoms with van der Waals surface area (Å²) in [5.41, 5.74) is 1.52. The quantitative estimate of drug-likeness (QED) is 0.726. The first-order chi connectivity index (χ1) is 13.3. The first-order valence-electron chi connectivity index (χ1n) is 9.02. The van der Waals surface area contributed by atoms with E-state index in [1.165, 1.54) is 6.92 Å². The molecule has 4 rings (SSSR count). The molecule has 0 spiro atoms. The molecule has 2 amide bonds. The third kappa shape index (κ3) is 3.45. The Morgan fingerprint density at radius 1 is 1.14 bits per heavy atom. The van der Waals surface area contributed by atoms with E-state index in [9.17, 15) is 14.0 Å². The molecule has 3 aromatic rings. The number of fused-ring (bicyclic) bond motifs is 1. The molecule has 1 aliphatic rings. The molecule has 0 radical (unpaired) electrons. The van der Waals surface area contributed by atoms with Crippen LogP contribution in [0.4, 0.5) is 15.8 Å². The van der Waals surface area contributed by atoms with Gasteiger partial charge < -0.3 is 10.6 Å². The summed E-state index contributed by atoms with van der Waals surface area (Å²) in [6.07, 6.45) is 0.467. The highest BCUT2D eigenvalue weighted by molar-refractivity contribution is 6.11.